The number of hydrogen-bond donors (Lipinski definition) is 2. The highest BCUT2D eigenvalue weighted by molar-refractivity contribution is 5.74. The van der Waals surface area contributed by atoms with Gasteiger partial charge in [-0.25, -0.2) is 4.79 Å². The molecular weight excluding hydrogens is 302 g/mol. The van der Waals surface area contributed by atoms with Gasteiger partial charge < -0.3 is 15.4 Å². The fourth-order valence-corrected chi connectivity index (χ4v) is 3.90. The van der Waals surface area contributed by atoms with Crippen molar-refractivity contribution in [2.24, 2.45) is 0 Å². The summed E-state index contributed by atoms with van der Waals surface area (Å²) in [5, 5.41) is 15.1. The van der Waals surface area contributed by atoms with Crippen molar-refractivity contribution < 1.29 is 9.53 Å². The van der Waals surface area contributed by atoms with Gasteiger partial charge in [0, 0.05) is 12.6 Å². The molecule has 2 fully saturated rings. The van der Waals surface area contributed by atoms with Gasteiger partial charge in [-0.3, -0.25) is 0 Å². The largest absolute Gasteiger partial charge is 0.375 e. The fourth-order valence-electron chi connectivity index (χ4n) is 3.90. The maximum atomic E-state index is 12.3. The van der Waals surface area contributed by atoms with Crippen LogP contribution in [0.5, 0.6) is 0 Å². The van der Waals surface area contributed by atoms with E-state index in [4.69, 9.17) is 10.00 Å². The molecule has 24 heavy (non-hydrogen) atoms. The topological polar surface area (TPSA) is 74.2 Å². The van der Waals surface area contributed by atoms with Gasteiger partial charge in [0.1, 0.15) is 0 Å². The van der Waals surface area contributed by atoms with Gasteiger partial charge in [0.2, 0.25) is 0 Å². The third-order valence-corrected chi connectivity index (χ3v) is 5.21. The maximum absolute atomic E-state index is 12.3. The summed E-state index contributed by atoms with van der Waals surface area (Å²) >= 11 is 0. The first-order valence-corrected chi connectivity index (χ1v) is 8.81. The Morgan fingerprint density at radius 3 is 2.96 bits per heavy atom. The van der Waals surface area contributed by atoms with E-state index in [1.54, 1.807) is 6.07 Å². The third-order valence-electron chi connectivity index (χ3n) is 5.21. The molecule has 128 valence electrons. The molecule has 1 aromatic rings. The van der Waals surface area contributed by atoms with Crippen molar-refractivity contribution >= 4 is 6.03 Å². The van der Waals surface area contributed by atoms with E-state index in [1.165, 1.54) is 12.8 Å². The molecule has 5 heteroatoms. The highest BCUT2D eigenvalue weighted by Crippen LogP contribution is 2.39. The van der Waals surface area contributed by atoms with E-state index < -0.39 is 0 Å². The second kappa shape index (κ2) is 7.23. The van der Waals surface area contributed by atoms with Gasteiger partial charge in [-0.1, -0.05) is 25.0 Å². The highest BCUT2D eigenvalue weighted by atomic mass is 16.5. The molecule has 1 saturated carbocycles. The number of amides is 2. The normalized spacial score (nSPS) is 23.4. The number of nitrogens with one attached hydrogen (secondary N) is 2. The molecule has 2 aliphatic rings. The molecule has 2 N–H and O–H groups in total. The van der Waals surface area contributed by atoms with Gasteiger partial charge in [-0.05, 0) is 50.3 Å². The van der Waals surface area contributed by atoms with Gasteiger partial charge in [-0.15, -0.1) is 0 Å². The van der Waals surface area contributed by atoms with Crippen LogP contribution in [-0.4, -0.2) is 24.3 Å². The minimum Gasteiger partial charge on any atom is -0.375 e. The number of carbonyl (C=O) groups excluding carboxylic acids is 1. The first-order valence-electron chi connectivity index (χ1n) is 8.81. The lowest BCUT2D eigenvalue weighted by Crippen LogP contribution is -2.50. The minimum absolute atomic E-state index is 0.00292. The van der Waals surface area contributed by atoms with E-state index in [0.717, 1.165) is 37.9 Å². The summed E-state index contributed by atoms with van der Waals surface area (Å²) in [4.78, 5) is 12.3. The molecule has 0 aromatic heterocycles. The molecule has 3 rings (SSSR count). The first-order chi connectivity index (χ1) is 11.6. The average molecular weight is 327 g/mol. The molecule has 1 aromatic carbocycles. The molecule has 5 nitrogen and oxygen atoms in total. The quantitative estimate of drug-likeness (QED) is 0.893. The summed E-state index contributed by atoms with van der Waals surface area (Å²) in [6.07, 6.45) is 6.47. The molecule has 0 unspecified atom stereocenters. The van der Waals surface area contributed by atoms with Crippen LogP contribution in [0.3, 0.4) is 0 Å². The lowest BCUT2D eigenvalue weighted by atomic mass is 9.89. The van der Waals surface area contributed by atoms with Gasteiger partial charge in [0.15, 0.2) is 0 Å². The zero-order valence-electron chi connectivity index (χ0n) is 14.2. The van der Waals surface area contributed by atoms with Gasteiger partial charge in [0.05, 0.1) is 23.3 Å². The van der Waals surface area contributed by atoms with Crippen LogP contribution in [0.15, 0.2) is 24.3 Å². The number of nitrogens with zero attached hydrogens (tertiary/aromatic N) is 1. The second-order valence-corrected chi connectivity index (χ2v) is 7.01. The summed E-state index contributed by atoms with van der Waals surface area (Å²) < 4.78 is 6.01. The fraction of sp³-hybridized carbons (Fsp3) is 0.579. The first kappa shape index (κ1) is 16.8. The number of benzene rings is 1. The lowest BCUT2D eigenvalue weighted by molar-refractivity contribution is -0.0820. The van der Waals surface area contributed by atoms with Crippen molar-refractivity contribution in [1.29, 1.82) is 5.26 Å². The molecular formula is C19H25N3O2. The number of ether oxygens (including phenoxy) is 1. The lowest BCUT2D eigenvalue weighted by Gasteiger charge is -2.38. The van der Waals surface area contributed by atoms with Crippen molar-refractivity contribution in [3.63, 3.8) is 0 Å². The van der Waals surface area contributed by atoms with Crippen molar-refractivity contribution in [1.82, 2.24) is 10.6 Å². The van der Waals surface area contributed by atoms with Crippen LogP contribution in [0.2, 0.25) is 0 Å². The van der Waals surface area contributed by atoms with Crippen molar-refractivity contribution in [2.75, 3.05) is 6.61 Å². The standard InChI is InChI=1S/C19H25N3O2/c1-14(16-6-4-5-15(11-16)13-20)21-18(23)22-17-7-10-24-19(12-17)8-2-3-9-19/h4-6,11,14,17H,2-3,7-10,12H2,1H3,(H2,21,22,23)/t14-,17+/m0/s1. The number of carbonyl (C=O) groups is 1. The van der Waals surface area contributed by atoms with Crippen molar-refractivity contribution in [3.8, 4) is 6.07 Å². The molecule has 0 bridgehead atoms. The number of nitriles is 1. The van der Waals surface area contributed by atoms with Crippen LogP contribution in [0.25, 0.3) is 0 Å². The summed E-state index contributed by atoms with van der Waals surface area (Å²) in [7, 11) is 0. The van der Waals surface area contributed by atoms with E-state index in [-0.39, 0.29) is 23.7 Å². The minimum atomic E-state index is -0.148. The Hall–Kier alpha value is -2.06. The zero-order valence-corrected chi connectivity index (χ0v) is 14.2. The van der Waals surface area contributed by atoms with Crippen LogP contribution >= 0.6 is 0 Å². The summed E-state index contributed by atoms with van der Waals surface area (Å²) in [6.45, 7) is 2.66. The second-order valence-electron chi connectivity index (χ2n) is 7.01. The molecule has 1 saturated heterocycles. The Balaban J connectivity index is 1.54. The van der Waals surface area contributed by atoms with E-state index in [1.807, 2.05) is 25.1 Å². The summed E-state index contributed by atoms with van der Waals surface area (Å²) in [6, 6.07) is 9.35. The number of rotatable bonds is 3. The van der Waals surface area contributed by atoms with Crippen LogP contribution < -0.4 is 10.6 Å². The monoisotopic (exact) mass is 327 g/mol. The predicted molar refractivity (Wildman–Crippen MR) is 91.4 cm³/mol. The summed E-state index contributed by atoms with van der Waals surface area (Å²) in [5.74, 6) is 0. The molecule has 1 spiro atoms. The molecule has 0 radical (unpaired) electrons. The van der Waals surface area contributed by atoms with Crippen molar-refractivity contribution in [3.05, 3.63) is 35.4 Å². The highest BCUT2D eigenvalue weighted by Gasteiger charge is 2.40. The van der Waals surface area contributed by atoms with E-state index >= 15 is 0 Å². The SMILES string of the molecule is C[C@H](NC(=O)N[C@@H]1CCOC2(CCCC2)C1)c1cccc(C#N)c1. The van der Waals surface area contributed by atoms with Gasteiger partial charge >= 0.3 is 6.03 Å². The third kappa shape index (κ3) is 3.88. The molecule has 1 aliphatic heterocycles. The molecule has 2 atom stereocenters. The Kier molecular flexibility index (Phi) is 5.06. The molecule has 1 heterocycles. The average Bonchev–Trinajstić information content (AvgIpc) is 3.02. The Morgan fingerprint density at radius 1 is 1.42 bits per heavy atom. The van der Waals surface area contributed by atoms with E-state index in [2.05, 4.69) is 16.7 Å². The van der Waals surface area contributed by atoms with Gasteiger partial charge in [-0.2, -0.15) is 5.26 Å². The Bertz CT molecular complexity index is 632. The zero-order chi connectivity index (χ0) is 17.0. The number of hydrogen-bond acceptors (Lipinski definition) is 3. The van der Waals surface area contributed by atoms with Gasteiger partial charge in [0.25, 0.3) is 0 Å². The van der Waals surface area contributed by atoms with E-state index in [0.29, 0.717) is 5.56 Å². The van der Waals surface area contributed by atoms with Crippen LogP contribution in [0.1, 0.15) is 62.6 Å². The smallest absolute Gasteiger partial charge is 0.315 e. The summed E-state index contributed by atoms with van der Waals surface area (Å²) in [5.41, 5.74) is 1.54. The van der Waals surface area contributed by atoms with Crippen LogP contribution in [0.4, 0.5) is 4.79 Å². The van der Waals surface area contributed by atoms with Crippen LogP contribution in [-0.2, 0) is 4.74 Å². The van der Waals surface area contributed by atoms with Crippen molar-refractivity contribution in [2.45, 2.75) is 63.1 Å². The Labute approximate surface area is 143 Å². The van der Waals surface area contributed by atoms with E-state index in [9.17, 15) is 4.79 Å². The molecule has 1 aliphatic carbocycles. The van der Waals surface area contributed by atoms with Crippen LogP contribution in [0, 0.1) is 11.3 Å². The number of urea groups is 1. The molecule has 2 amide bonds. The Morgan fingerprint density at radius 2 is 2.21 bits per heavy atom. The predicted octanol–water partition coefficient (Wildman–Crippen LogP) is 3.41. The maximum Gasteiger partial charge on any atom is 0.315 e.